The predicted octanol–water partition coefficient (Wildman–Crippen LogP) is 1.88. The summed E-state index contributed by atoms with van der Waals surface area (Å²) in [4.78, 5) is 25.0. The normalized spacial score (nSPS) is 18.0. The van der Waals surface area contributed by atoms with Crippen LogP contribution in [0.3, 0.4) is 0 Å². The SMILES string of the molecule is CS(=O)(=O)CCC1CCCCN1C(=O)NCc1ccc(C(=O)O)cc1. The maximum absolute atomic E-state index is 12.5. The maximum Gasteiger partial charge on any atom is 0.335 e. The molecule has 1 aliphatic rings. The number of sulfone groups is 1. The van der Waals surface area contributed by atoms with E-state index in [-0.39, 0.29) is 23.4 Å². The summed E-state index contributed by atoms with van der Waals surface area (Å²) in [6, 6.07) is 6.07. The van der Waals surface area contributed by atoms with Crippen LogP contribution >= 0.6 is 0 Å². The fourth-order valence-corrected chi connectivity index (χ4v) is 3.66. The minimum atomic E-state index is -3.05. The third-order valence-electron chi connectivity index (χ3n) is 4.35. The molecule has 1 heterocycles. The first-order chi connectivity index (χ1) is 11.8. The molecular formula is C17H24N2O5S. The van der Waals surface area contributed by atoms with Gasteiger partial charge in [0.15, 0.2) is 0 Å². The Morgan fingerprint density at radius 2 is 1.92 bits per heavy atom. The van der Waals surface area contributed by atoms with Crippen LogP contribution < -0.4 is 5.32 Å². The number of aromatic carboxylic acids is 1. The number of hydrogen-bond donors (Lipinski definition) is 2. The molecule has 2 amide bonds. The van der Waals surface area contributed by atoms with E-state index in [4.69, 9.17) is 5.11 Å². The van der Waals surface area contributed by atoms with E-state index in [0.717, 1.165) is 24.8 Å². The quantitative estimate of drug-likeness (QED) is 0.798. The van der Waals surface area contributed by atoms with Gasteiger partial charge in [-0.2, -0.15) is 0 Å². The van der Waals surface area contributed by atoms with E-state index in [9.17, 15) is 18.0 Å². The van der Waals surface area contributed by atoms with Crippen molar-refractivity contribution in [3.63, 3.8) is 0 Å². The molecule has 0 spiro atoms. The number of piperidine rings is 1. The molecule has 0 saturated carbocycles. The van der Waals surface area contributed by atoms with Gasteiger partial charge in [0.05, 0.1) is 11.3 Å². The monoisotopic (exact) mass is 368 g/mol. The number of carboxylic acids is 1. The van der Waals surface area contributed by atoms with Gasteiger partial charge in [-0.05, 0) is 43.4 Å². The lowest BCUT2D eigenvalue weighted by molar-refractivity contribution is 0.0696. The molecule has 7 nitrogen and oxygen atoms in total. The van der Waals surface area contributed by atoms with Crippen LogP contribution in [0.2, 0.25) is 0 Å². The Balaban J connectivity index is 1.91. The lowest BCUT2D eigenvalue weighted by Gasteiger charge is -2.35. The van der Waals surface area contributed by atoms with Crippen LogP contribution in [0.25, 0.3) is 0 Å². The molecule has 0 aromatic heterocycles. The highest BCUT2D eigenvalue weighted by Crippen LogP contribution is 2.20. The summed E-state index contributed by atoms with van der Waals surface area (Å²) < 4.78 is 22.8. The van der Waals surface area contributed by atoms with Gasteiger partial charge in [0.2, 0.25) is 0 Å². The first kappa shape index (κ1) is 19.2. The number of nitrogens with one attached hydrogen (secondary N) is 1. The lowest BCUT2D eigenvalue weighted by Crippen LogP contribution is -2.49. The van der Waals surface area contributed by atoms with Crippen LogP contribution in [0.1, 0.15) is 41.6 Å². The number of carbonyl (C=O) groups excluding carboxylic acids is 1. The second kappa shape index (κ2) is 8.33. The van der Waals surface area contributed by atoms with E-state index in [1.54, 1.807) is 17.0 Å². The van der Waals surface area contributed by atoms with Crippen LogP contribution in [-0.2, 0) is 16.4 Å². The molecule has 8 heteroatoms. The molecule has 1 aromatic rings. The van der Waals surface area contributed by atoms with Crippen molar-refractivity contribution < 1.29 is 23.1 Å². The summed E-state index contributed by atoms with van der Waals surface area (Å²) in [6.45, 7) is 0.923. The van der Waals surface area contributed by atoms with Crippen LogP contribution in [0.15, 0.2) is 24.3 Å². The van der Waals surface area contributed by atoms with Crippen LogP contribution in [-0.4, -0.2) is 55.0 Å². The van der Waals surface area contributed by atoms with Crippen molar-refractivity contribution >= 4 is 21.8 Å². The number of amides is 2. The molecule has 138 valence electrons. The average Bonchev–Trinajstić information content (AvgIpc) is 2.58. The van der Waals surface area contributed by atoms with Gasteiger partial charge in [-0.25, -0.2) is 18.0 Å². The number of carboxylic acid groups (broad SMARTS) is 1. The second-order valence-electron chi connectivity index (χ2n) is 6.42. The van der Waals surface area contributed by atoms with Crippen molar-refractivity contribution in [2.75, 3.05) is 18.6 Å². The number of nitrogens with zero attached hydrogens (tertiary/aromatic N) is 1. The van der Waals surface area contributed by atoms with Gasteiger partial charge in [0, 0.05) is 25.4 Å². The van der Waals surface area contributed by atoms with E-state index >= 15 is 0 Å². The van der Waals surface area contributed by atoms with Gasteiger partial charge in [0.25, 0.3) is 0 Å². The van der Waals surface area contributed by atoms with Gasteiger partial charge in [-0.15, -0.1) is 0 Å². The van der Waals surface area contributed by atoms with Gasteiger partial charge >= 0.3 is 12.0 Å². The average molecular weight is 368 g/mol. The molecule has 1 fully saturated rings. The van der Waals surface area contributed by atoms with Crippen LogP contribution in [0.5, 0.6) is 0 Å². The Morgan fingerprint density at radius 1 is 1.24 bits per heavy atom. The van der Waals surface area contributed by atoms with Gasteiger partial charge in [-0.1, -0.05) is 12.1 Å². The van der Waals surface area contributed by atoms with Gasteiger partial charge < -0.3 is 15.3 Å². The Labute approximate surface area is 147 Å². The fraction of sp³-hybridized carbons (Fsp3) is 0.529. The van der Waals surface area contributed by atoms with E-state index in [1.165, 1.54) is 18.4 Å². The standard InChI is InChI=1S/C17H24N2O5S/c1-25(23,24)11-9-15-4-2-3-10-19(15)17(22)18-12-13-5-7-14(8-6-13)16(20)21/h5-8,15H,2-4,9-12H2,1H3,(H,18,22)(H,20,21). The smallest absolute Gasteiger partial charge is 0.335 e. The molecule has 1 atom stereocenters. The Hall–Kier alpha value is -2.09. The lowest BCUT2D eigenvalue weighted by atomic mass is 10.0. The molecule has 1 saturated heterocycles. The van der Waals surface area contributed by atoms with Crippen molar-refractivity contribution in [1.82, 2.24) is 10.2 Å². The Bertz CT molecular complexity index is 715. The molecule has 2 rings (SSSR count). The largest absolute Gasteiger partial charge is 0.478 e. The van der Waals surface area contributed by atoms with E-state index in [0.29, 0.717) is 19.5 Å². The Morgan fingerprint density at radius 3 is 2.52 bits per heavy atom. The summed E-state index contributed by atoms with van der Waals surface area (Å²) in [5.41, 5.74) is 1.01. The molecular weight excluding hydrogens is 344 g/mol. The van der Waals surface area contributed by atoms with Crippen molar-refractivity contribution in [2.24, 2.45) is 0 Å². The Kier molecular flexibility index (Phi) is 6.41. The topological polar surface area (TPSA) is 104 Å². The number of urea groups is 1. The highest BCUT2D eigenvalue weighted by Gasteiger charge is 2.27. The molecule has 0 aliphatic carbocycles. The minimum Gasteiger partial charge on any atom is -0.478 e. The zero-order valence-electron chi connectivity index (χ0n) is 14.3. The first-order valence-electron chi connectivity index (χ1n) is 8.31. The summed E-state index contributed by atoms with van der Waals surface area (Å²) in [6.07, 6.45) is 4.39. The van der Waals surface area contributed by atoms with Gasteiger partial charge in [0.1, 0.15) is 9.84 Å². The maximum atomic E-state index is 12.5. The zero-order chi connectivity index (χ0) is 18.4. The third kappa shape index (κ3) is 6.04. The molecule has 0 radical (unpaired) electrons. The summed E-state index contributed by atoms with van der Waals surface area (Å²) in [5, 5.41) is 11.7. The summed E-state index contributed by atoms with van der Waals surface area (Å²) >= 11 is 0. The molecule has 1 unspecified atom stereocenters. The number of benzene rings is 1. The number of rotatable bonds is 6. The second-order valence-corrected chi connectivity index (χ2v) is 8.68. The molecule has 1 aromatic carbocycles. The van der Waals surface area contributed by atoms with E-state index < -0.39 is 15.8 Å². The zero-order valence-corrected chi connectivity index (χ0v) is 15.1. The first-order valence-corrected chi connectivity index (χ1v) is 10.4. The fourth-order valence-electron chi connectivity index (χ4n) is 2.96. The minimum absolute atomic E-state index is 0.0575. The van der Waals surface area contributed by atoms with Crippen LogP contribution in [0.4, 0.5) is 4.79 Å². The highest BCUT2D eigenvalue weighted by atomic mass is 32.2. The molecule has 2 N–H and O–H groups in total. The third-order valence-corrected chi connectivity index (χ3v) is 5.33. The molecule has 1 aliphatic heterocycles. The van der Waals surface area contributed by atoms with E-state index in [1.807, 2.05) is 0 Å². The van der Waals surface area contributed by atoms with Crippen molar-refractivity contribution in [1.29, 1.82) is 0 Å². The van der Waals surface area contributed by atoms with Gasteiger partial charge in [-0.3, -0.25) is 0 Å². The number of likely N-dealkylation sites (tertiary alicyclic amines) is 1. The highest BCUT2D eigenvalue weighted by molar-refractivity contribution is 7.90. The predicted molar refractivity (Wildman–Crippen MR) is 94.3 cm³/mol. The summed E-state index contributed by atoms with van der Waals surface area (Å²) in [7, 11) is -3.05. The number of hydrogen-bond acceptors (Lipinski definition) is 4. The van der Waals surface area contributed by atoms with Crippen molar-refractivity contribution in [3.05, 3.63) is 35.4 Å². The van der Waals surface area contributed by atoms with Crippen LogP contribution in [0, 0.1) is 0 Å². The summed E-state index contributed by atoms with van der Waals surface area (Å²) in [5.74, 6) is -0.907. The number of carbonyl (C=O) groups is 2. The van der Waals surface area contributed by atoms with E-state index in [2.05, 4.69) is 5.32 Å². The van der Waals surface area contributed by atoms with Crippen molar-refractivity contribution in [3.8, 4) is 0 Å². The molecule has 0 bridgehead atoms. The van der Waals surface area contributed by atoms with Crippen molar-refractivity contribution in [2.45, 2.75) is 38.3 Å². The molecule has 25 heavy (non-hydrogen) atoms.